The minimum absolute atomic E-state index is 0.00453. The first-order chi connectivity index (χ1) is 12.1. The topological polar surface area (TPSA) is 66.5 Å². The van der Waals surface area contributed by atoms with E-state index in [1.807, 2.05) is 6.07 Å². The van der Waals surface area contributed by atoms with Gasteiger partial charge in [0, 0.05) is 24.7 Å². The Labute approximate surface area is 164 Å². The highest BCUT2D eigenvalue weighted by molar-refractivity contribution is 7.89. The molecule has 1 amide bonds. The first kappa shape index (κ1) is 20.7. The molecule has 0 aromatic heterocycles. The molecule has 0 radical (unpaired) electrons. The standard InChI is InChI=1S/C18H20Cl2N2O3S/c1-12(2)21-26(24,25)15-7-8-17(20)16(10-15)18(23)22(3)11-13-5-4-6-14(19)9-13/h4-10,12,21H,11H2,1-3H3. The molecule has 8 heteroatoms. The molecule has 5 nitrogen and oxygen atoms in total. The van der Waals surface area contributed by atoms with Crippen LogP contribution < -0.4 is 4.72 Å². The molecule has 0 fully saturated rings. The molecular formula is C18H20Cl2N2O3S. The highest BCUT2D eigenvalue weighted by Crippen LogP contribution is 2.23. The molecule has 0 aliphatic heterocycles. The Balaban J connectivity index is 2.29. The van der Waals surface area contributed by atoms with Crippen LogP contribution in [0.15, 0.2) is 47.4 Å². The lowest BCUT2D eigenvalue weighted by Crippen LogP contribution is -2.31. The van der Waals surface area contributed by atoms with E-state index in [2.05, 4.69) is 4.72 Å². The predicted molar refractivity (Wildman–Crippen MR) is 104 cm³/mol. The van der Waals surface area contributed by atoms with Crippen molar-refractivity contribution in [1.29, 1.82) is 0 Å². The Kier molecular flexibility index (Phi) is 6.69. The van der Waals surface area contributed by atoms with E-state index in [0.717, 1.165) is 5.56 Å². The van der Waals surface area contributed by atoms with E-state index in [1.165, 1.54) is 23.1 Å². The maximum atomic E-state index is 12.7. The van der Waals surface area contributed by atoms with E-state index < -0.39 is 10.0 Å². The fourth-order valence-electron chi connectivity index (χ4n) is 2.40. The van der Waals surface area contributed by atoms with Gasteiger partial charge in [0.05, 0.1) is 15.5 Å². The lowest BCUT2D eigenvalue weighted by atomic mass is 10.1. The average molecular weight is 415 g/mol. The molecule has 0 saturated carbocycles. The molecule has 1 N–H and O–H groups in total. The van der Waals surface area contributed by atoms with Crippen LogP contribution >= 0.6 is 23.2 Å². The molecular weight excluding hydrogens is 395 g/mol. The molecule has 0 bridgehead atoms. The molecule has 0 unspecified atom stereocenters. The summed E-state index contributed by atoms with van der Waals surface area (Å²) in [6.45, 7) is 3.76. The predicted octanol–water partition coefficient (Wildman–Crippen LogP) is 3.95. The number of halogens is 2. The average Bonchev–Trinajstić information content (AvgIpc) is 2.53. The van der Waals surface area contributed by atoms with E-state index in [-0.39, 0.29) is 27.4 Å². The first-order valence-electron chi connectivity index (χ1n) is 7.92. The van der Waals surface area contributed by atoms with Crippen LogP contribution in [0.1, 0.15) is 29.8 Å². The fraction of sp³-hybridized carbons (Fsp3) is 0.278. The lowest BCUT2D eigenvalue weighted by Gasteiger charge is -2.19. The van der Waals surface area contributed by atoms with Crippen molar-refractivity contribution in [2.24, 2.45) is 0 Å². The van der Waals surface area contributed by atoms with Crippen molar-refractivity contribution < 1.29 is 13.2 Å². The Hall–Kier alpha value is -1.60. The summed E-state index contributed by atoms with van der Waals surface area (Å²) in [6.07, 6.45) is 0. The number of hydrogen-bond acceptors (Lipinski definition) is 3. The van der Waals surface area contributed by atoms with Crippen LogP contribution in [0, 0.1) is 0 Å². The second kappa shape index (κ2) is 8.39. The molecule has 0 spiro atoms. The van der Waals surface area contributed by atoms with E-state index in [4.69, 9.17) is 23.2 Å². The zero-order valence-electron chi connectivity index (χ0n) is 14.7. The van der Waals surface area contributed by atoms with Gasteiger partial charge in [-0.15, -0.1) is 0 Å². The smallest absolute Gasteiger partial charge is 0.255 e. The number of carbonyl (C=O) groups excluding carboxylic acids is 1. The van der Waals surface area contributed by atoms with Crippen LogP contribution in [0.3, 0.4) is 0 Å². The molecule has 0 aliphatic rings. The van der Waals surface area contributed by atoms with Gasteiger partial charge in [0.25, 0.3) is 5.91 Å². The third-order valence-electron chi connectivity index (χ3n) is 3.52. The van der Waals surface area contributed by atoms with Gasteiger partial charge >= 0.3 is 0 Å². The Morgan fingerprint density at radius 1 is 1.15 bits per heavy atom. The number of nitrogens with zero attached hydrogens (tertiary/aromatic N) is 1. The van der Waals surface area contributed by atoms with Crippen molar-refractivity contribution >= 4 is 39.1 Å². The number of benzene rings is 2. The Morgan fingerprint density at radius 3 is 2.46 bits per heavy atom. The van der Waals surface area contributed by atoms with Crippen LogP contribution in [-0.4, -0.2) is 32.3 Å². The van der Waals surface area contributed by atoms with E-state index in [9.17, 15) is 13.2 Å². The Morgan fingerprint density at radius 2 is 1.85 bits per heavy atom. The second-order valence-corrected chi connectivity index (χ2v) is 8.77. The molecule has 2 rings (SSSR count). The second-order valence-electron chi connectivity index (χ2n) is 6.21. The molecule has 0 saturated heterocycles. The van der Waals surface area contributed by atoms with E-state index in [1.54, 1.807) is 39.1 Å². The summed E-state index contributed by atoms with van der Waals surface area (Å²) in [5, 5.41) is 0.769. The summed E-state index contributed by atoms with van der Waals surface area (Å²) in [7, 11) is -2.10. The van der Waals surface area contributed by atoms with Crippen LogP contribution in [0.2, 0.25) is 10.0 Å². The minimum Gasteiger partial charge on any atom is -0.337 e. The maximum absolute atomic E-state index is 12.7. The summed E-state index contributed by atoms with van der Waals surface area (Å²) >= 11 is 12.1. The van der Waals surface area contributed by atoms with Gasteiger partial charge in [-0.1, -0.05) is 35.3 Å². The van der Waals surface area contributed by atoms with Crippen LogP contribution in [-0.2, 0) is 16.6 Å². The summed E-state index contributed by atoms with van der Waals surface area (Å²) < 4.78 is 27.2. The van der Waals surface area contributed by atoms with Gasteiger partial charge in [0.2, 0.25) is 10.0 Å². The monoisotopic (exact) mass is 414 g/mol. The summed E-state index contributed by atoms with van der Waals surface area (Å²) in [6, 6.07) is 11.0. The third kappa shape index (κ3) is 5.20. The van der Waals surface area contributed by atoms with Gasteiger partial charge in [-0.2, -0.15) is 0 Å². The summed E-state index contributed by atoms with van der Waals surface area (Å²) in [4.78, 5) is 14.2. The molecule has 0 atom stereocenters. The van der Waals surface area contributed by atoms with Crippen molar-refractivity contribution in [1.82, 2.24) is 9.62 Å². The van der Waals surface area contributed by atoms with Gasteiger partial charge in [0.15, 0.2) is 0 Å². The first-order valence-corrected chi connectivity index (χ1v) is 10.2. The zero-order valence-corrected chi connectivity index (χ0v) is 17.0. The third-order valence-corrected chi connectivity index (χ3v) is 5.75. The van der Waals surface area contributed by atoms with Crippen LogP contribution in [0.5, 0.6) is 0 Å². The molecule has 140 valence electrons. The molecule has 2 aromatic rings. The van der Waals surface area contributed by atoms with Crippen molar-refractivity contribution in [3.63, 3.8) is 0 Å². The van der Waals surface area contributed by atoms with Gasteiger partial charge in [0.1, 0.15) is 0 Å². The fourth-order valence-corrected chi connectivity index (χ4v) is 4.09. The number of amides is 1. The van der Waals surface area contributed by atoms with Crippen LogP contribution in [0.25, 0.3) is 0 Å². The normalized spacial score (nSPS) is 11.6. The largest absolute Gasteiger partial charge is 0.337 e. The zero-order chi connectivity index (χ0) is 19.5. The molecule has 26 heavy (non-hydrogen) atoms. The van der Waals surface area contributed by atoms with Gasteiger partial charge in [-0.05, 0) is 49.7 Å². The quantitative estimate of drug-likeness (QED) is 0.777. The van der Waals surface area contributed by atoms with Crippen molar-refractivity contribution in [2.75, 3.05) is 7.05 Å². The SMILES string of the molecule is CC(C)NS(=O)(=O)c1ccc(Cl)c(C(=O)N(C)Cc2cccc(Cl)c2)c1. The van der Waals surface area contributed by atoms with Crippen molar-refractivity contribution in [3.8, 4) is 0 Å². The number of rotatable bonds is 6. The van der Waals surface area contributed by atoms with Gasteiger partial charge in [-0.3, -0.25) is 4.79 Å². The maximum Gasteiger partial charge on any atom is 0.255 e. The number of carbonyl (C=O) groups is 1. The molecule has 0 heterocycles. The minimum atomic E-state index is -3.72. The van der Waals surface area contributed by atoms with Gasteiger partial charge in [-0.25, -0.2) is 13.1 Å². The van der Waals surface area contributed by atoms with Crippen LogP contribution in [0.4, 0.5) is 0 Å². The number of nitrogens with one attached hydrogen (secondary N) is 1. The number of sulfonamides is 1. The molecule has 2 aromatic carbocycles. The molecule has 0 aliphatic carbocycles. The summed E-state index contributed by atoms with van der Waals surface area (Å²) in [5.41, 5.74) is 0.984. The number of hydrogen-bond donors (Lipinski definition) is 1. The van der Waals surface area contributed by atoms with Crippen molar-refractivity contribution in [3.05, 3.63) is 63.6 Å². The van der Waals surface area contributed by atoms with E-state index in [0.29, 0.717) is 11.6 Å². The van der Waals surface area contributed by atoms with Crippen molar-refractivity contribution in [2.45, 2.75) is 31.3 Å². The highest BCUT2D eigenvalue weighted by Gasteiger charge is 2.21. The Bertz CT molecular complexity index is 914. The lowest BCUT2D eigenvalue weighted by molar-refractivity contribution is 0.0785. The van der Waals surface area contributed by atoms with E-state index >= 15 is 0 Å². The highest BCUT2D eigenvalue weighted by atomic mass is 35.5. The summed E-state index contributed by atoms with van der Waals surface area (Å²) in [5.74, 6) is -0.378. The van der Waals surface area contributed by atoms with Gasteiger partial charge < -0.3 is 4.90 Å².